The van der Waals surface area contributed by atoms with E-state index < -0.39 is 6.29 Å². The van der Waals surface area contributed by atoms with Crippen LogP contribution in [0.15, 0.2) is 24.5 Å². The summed E-state index contributed by atoms with van der Waals surface area (Å²) < 4.78 is 0. The highest BCUT2D eigenvalue weighted by molar-refractivity contribution is 5.79. The number of nitrogens with zero attached hydrogens (tertiary/aromatic N) is 1. The van der Waals surface area contributed by atoms with Crippen molar-refractivity contribution in [2.45, 2.75) is 6.29 Å². The van der Waals surface area contributed by atoms with Crippen molar-refractivity contribution in [1.29, 1.82) is 0 Å². The van der Waals surface area contributed by atoms with Gasteiger partial charge in [-0.1, -0.05) is 0 Å². The zero-order valence-corrected chi connectivity index (χ0v) is 6.23. The van der Waals surface area contributed by atoms with Crippen LogP contribution in [0.5, 0.6) is 0 Å². The molecule has 0 saturated heterocycles. The Morgan fingerprint density at radius 2 is 2.17 bits per heavy atom. The molecule has 0 aliphatic carbocycles. The van der Waals surface area contributed by atoms with Gasteiger partial charge in [-0.25, -0.2) is 4.98 Å². The third-order valence-electron chi connectivity index (χ3n) is 1.77. The topological polar surface area (TPSA) is 69.1 Å². The Hall–Kier alpha value is -1.39. The molecule has 12 heavy (non-hydrogen) atoms. The second-order valence-corrected chi connectivity index (χ2v) is 2.51. The Balaban J connectivity index is 2.73. The lowest BCUT2D eigenvalue weighted by Gasteiger charge is -2.03. The number of aliphatic hydroxyl groups is 2. The van der Waals surface area contributed by atoms with Crippen molar-refractivity contribution in [2.24, 2.45) is 0 Å². The normalized spacial score (nSPS) is 11.2. The average molecular weight is 164 g/mol. The number of rotatable bonds is 1. The third kappa shape index (κ3) is 0.975. The Bertz CT molecular complexity index is 395. The van der Waals surface area contributed by atoms with Gasteiger partial charge in [0.2, 0.25) is 0 Å². The van der Waals surface area contributed by atoms with Gasteiger partial charge >= 0.3 is 0 Å². The number of pyridine rings is 1. The molecule has 0 aliphatic heterocycles. The summed E-state index contributed by atoms with van der Waals surface area (Å²) >= 11 is 0. The predicted octanol–water partition coefficient (Wildman–Crippen LogP) is 0.546. The molecular weight excluding hydrogens is 156 g/mol. The molecule has 3 N–H and O–H groups in total. The lowest BCUT2D eigenvalue weighted by molar-refractivity contribution is -0.0413. The molecule has 0 radical (unpaired) electrons. The maximum Gasteiger partial charge on any atom is 0.179 e. The van der Waals surface area contributed by atoms with Crippen LogP contribution in [0.4, 0.5) is 0 Å². The van der Waals surface area contributed by atoms with Crippen LogP contribution in [0.1, 0.15) is 11.9 Å². The highest BCUT2D eigenvalue weighted by Gasteiger charge is 2.07. The number of fused-ring (bicyclic) bond motifs is 1. The first-order chi connectivity index (χ1) is 5.79. The quantitative estimate of drug-likeness (QED) is 0.539. The third-order valence-corrected chi connectivity index (χ3v) is 1.77. The summed E-state index contributed by atoms with van der Waals surface area (Å²) in [4.78, 5) is 6.89. The zero-order valence-electron chi connectivity index (χ0n) is 6.23. The number of hydrogen-bond acceptors (Lipinski definition) is 3. The fourth-order valence-electron chi connectivity index (χ4n) is 1.21. The highest BCUT2D eigenvalue weighted by Crippen LogP contribution is 2.19. The van der Waals surface area contributed by atoms with Gasteiger partial charge in [-0.2, -0.15) is 0 Å². The van der Waals surface area contributed by atoms with Gasteiger partial charge in [-0.3, -0.25) is 0 Å². The van der Waals surface area contributed by atoms with Crippen LogP contribution in [0.25, 0.3) is 11.0 Å². The fourth-order valence-corrected chi connectivity index (χ4v) is 1.21. The Kier molecular flexibility index (Phi) is 1.56. The fraction of sp³-hybridized carbons (Fsp3) is 0.125. The predicted molar refractivity (Wildman–Crippen MR) is 43.3 cm³/mol. The van der Waals surface area contributed by atoms with Gasteiger partial charge in [0, 0.05) is 23.3 Å². The van der Waals surface area contributed by atoms with Gasteiger partial charge in [-0.05, 0) is 12.1 Å². The summed E-state index contributed by atoms with van der Waals surface area (Å²) in [6.45, 7) is 0. The number of H-pyrrole nitrogens is 1. The van der Waals surface area contributed by atoms with E-state index in [9.17, 15) is 0 Å². The molecule has 4 heteroatoms. The maximum atomic E-state index is 8.95. The molecule has 2 heterocycles. The van der Waals surface area contributed by atoms with E-state index >= 15 is 0 Å². The molecule has 2 aromatic heterocycles. The highest BCUT2D eigenvalue weighted by atomic mass is 16.5. The number of aliphatic hydroxyl groups excluding tert-OH is 1. The van der Waals surface area contributed by atoms with Crippen LogP contribution in [-0.4, -0.2) is 20.2 Å². The van der Waals surface area contributed by atoms with Gasteiger partial charge in [-0.15, -0.1) is 0 Å². The van der Waals surface area contributed by atoms with E-state index in [0.29, 0.717) is 11.2 Å². The lowest BCUT2D eigenvalue weighted by Crippen LogP contribution is -1.95. The minimum Gasteiger partial charge on any atom is -0.364 e. The van der Waals surface area contributed by atoms with Crippen LogP contribution >= 0.6 is 0 Å². The van der Waals surface area contributed by atoms with Gasteiger partial charge in [0.1, 0.15) is 5.65 Å². The molecule has 0 unspecified atom stereocenters. The van der Waals surface area contributed by atoms with E-state index in [1.807, 2.05) is 0 Å². The summed E-state index contributed by atoms with van der Waals surface area (Å²) in [5.41, 5.74) is 1.14. The second kappa shape index (κ2) is 2.58. The number of aromatic amines is 1. The Morgan fingerprint density at radius 1 is 1.33 bits per heavy atom. The van der Waals surface area contributed by atoms with Crippen molar-refractivity contribution in [3.05, 3.63) is 30.1 Å². The zero-order chi connectivity index (χ0) is 8.55. The van der Waals surface area contributed by atoms with Crippen molar-refractivity contribution in [2.75, 3.05) is 0 Å². The number of nitrogens with one attached hydrogen (secondary N) is 1. The van der Waals surface area contributed by atoms with Crippen molar-refractivity contribution >= 4 is 11.0 Å². The number of hydrogen-bond donors (Lipinski definition) is 3. The lowest BCUT2D eigenvalue weighted by atomic mass is 10.2. The van der Waals surface area contributed by atoms with Crippen LogP contribution in [0, 0.1) is 0 Å². The molecule has 2 aromatic rings. The van der Waals surface area contributed by atoms with E-state index in [-0.39, 0.29) is 0 Å². The van der Waals surface area contributed by atoms with Crippen molar-refractivity contribution < 1.29 is 10.2 Å². The molecule has 2 rings (SSSR count). The summed E-state index contributed by atoms with van der Waals surface area (Å²) in [5.74, 6) is 0. The molecule has 0 aliphatic rings. The minimum atomic E-state index is -1.44. The summed E-state index contributed by atoms with van der Waals surface area (Å²) in [6, 6.07) is 3.35. The largest absolute Gasteiger partial charge is 0.364 e. The molecule has 0 atom stereocenters. The van der Waals surface area contributed by atoms with Gasteiger partial charge in [0.15, 0.2) is 6.29 Å². The van der Waals surface area contributed by atoms with Crippen molar-refractivity contribution in [1.82, 2.24) is 9.97 Å². The van der Waals surface area contributed by atoms with Crippen molar-refractivity contribution in [3.8, 4) is 0 Å². The minimum absolute atomic E-state index is 0.473. The van der Waals surface area contributed by atoms with E-state index in [1.54, 1.807) is 18.3 Å². The first-order valence-electron chi connectivity index (χ1n) is 3.57. The van der Waals surface area contributed by atoms with Gasteiger partial charge in [0.05, 0.1) is 0 Å². The molecule has 0 saturated carbocycles. The number of aromatic nitrogens is 2. The first kappa shape index (κ1) is 7.27. The van der Waals surface area contributed by atoms with Crippen LogP contribution in [0.3, 0.4) is 0 Å². The maximum absolute atomic E-state index is 8.95. The van der Waals surface area contributed by atoms with E-state index in [2.05, 4.69) is 9.97 Å². The second-order valence-electron chi connectivity index (χ2n) is 2.51. The summed E-state index contributed by atoms with van der Waals surface area (Å²) in [6.07, 6.45) is 1.81. The monoisotopic (exact) mass is 164 g/mol. The molecule has 0 spiro atoms. The molecule has 0 fully saturated rings. The molecular formula is C8H8N2O2. The smallest absolute Gasteiger partial charge is 0.179 e. The first-order valence-corrected chi connectivity index (χ1v) is 3.57. The van der Waals surface area contributed by atoms with E-state index in [0.717, 1.165) is 5.39 Å². The van der Waals surface area contributed by atoms with E-state index in [1.165, 1.54) is 6.20 Å². The summed E-state index contributed by atoms with van der Waals surface area (Å²) in [7, 11) is 0. The SMILES string of the molecule is OC(O)c1ccnc2[nH]ccc12. The molecule has 4 nitrogen and oxygen atoms in total. The standard InChI is InChI=1S/C8H8N2O2/c11-8(12)6-2-4-10-7-5(6)1-3-9-7/h1-4,8,11-12H,(H,9,10). The molecule has 0 bridgehead atoms. The van der Waals surface area contributed by atoms with Crippen molar-refractivity contribution in [3.63, 3.8) is 0 Å². The van der Waals surface area contributed by atoms with Gasteiger partial charge in [0.25, 0.3) is 0 Å². The van der Waals surface area contributed by atoms with Gasteiger partial charge < -0.3 is 15.2 Å². The summed E-state index contributed by atoms with van der Waals surface area (Å²) in [5, 5.41) is 18.7. The molecule has 62 valence electrons. The average Bonchev–Trinajstić information content (AvgIpc) is 2.49. The Labute approximate surface area is 68.5 Å². The Morgan fingerprint density at radius 3 is 2.92 bits per heavy atom. The molecule has 0 aromatic carbocycles. The molecule has 0 amide bonds. The van der Waals surface area contributed by atoms with E-state index in [4.69, 9.17) is 10.2 Å². The van der Waals surface area contributed by atoms with Crippen LogP contribution in [0.2, 0.25) is 0 Å². The van der Waals surface area contributed by atoms with Crippen LogP contribution in [-0.2, 0) is 0 Å². The van der Waals surface area contributed by atoms with Crippen LogP contribution < -0.4 is 0 Å².